The molecule has 150 valence electrons. The van der Waals surface area contributed by atoms with Crippen LogP contribution in [0.4, 0.5) is 0 Å². The molecule has 1 spiro atoms. The van der Waals surface area contributed by atoms with Crippen LogP contribution in [-0.4, -0.2) is 61.9 Å². The fraction of sp³-hybridized carbons (Fsp3) is 0.600. The maximum Gasteiger partial charge on any atom is 0.347 e. The first kappa shape index (κ1) is 18.9. The van der Waals surface area contributed by atoms with Gasteiger partial charge in [-0.2, -0.15) is 4.98 Å². The first-order chi connectivity index (χ1) is 13.4. The van der Waals surface area contributed by atoms with Crippen LogP contribution in [0, 0.1) is 13.8 Å². The number of imidazole rings is 1. The number of piperidine rings is 1. The summed E-state index contributed by atoms with van der Waals surface area (Å²) in [6.45, 7) is 6.63. The third-order valence-electron chi connectivity index (χ3n) is 6.27. The molecule has 8 heteroatoms. The molecule has 0 saturated carbocycles. The monoisotopic (exact) mass is 384 g/mol. The second-order valence-corrected chi connectivity index (χ2v) is 8.08. The minimum Gasteiger partial charge on any atom is -0.348 e. The fourth-order valence-electron chi connectivity index (χ4n) is 4.73. The first-order valence-corrected chi connectivity index (χ1v) is 9.97. The topological polar surface area (TPSA) is 87.1 Å². The van der Waals surface area contributed by atoms with E-state index in [4.69, 9.17) is 0 Å². The van der Waals surface area contributed by atoms with E-state index in [1.807, 2.05) is 24.8 Å². The van der Waals surface area contributed by atoms with Crippen LogP contribution in [0.2, 0.25) is 0 Å². The smallest absolute Gasteiger partial charge is 0.347 e. The number of fused-ring (bicyclic) bond motifs is 2. The second kappa shape index (κ2) is 7.16. The van der Waals surface area contributed by atoms with Crippen LogP contribution in [0.25, 0.3) is 0 Å². The SMILES string of the molecule is Cc1cc(C)n(CCC(=O)N2CCc3[nH]cnc3C23CCN(C)CC3)c(=O)n1. The lowest BCUT2D eigenvalue weighted by Gasteiger charge is -2.50. The Balaban J connectivity index is 1.57. The molecule has 0 unspecified atom stereocenters. The maximum absolute atomic E-state index is 13.3. The van der Waals surface area contributed by atoms with Crippen molar-refractivity contribution >= 4 is 5.91 Å². The number of rotatable bonds is 3. The Hall–Kier alpha value is -2.48. The van der Waals surface area contributed by atoms with Gasteiger partial charge in [-0.25, -0.2) is 9.78 Å². The molecule has 0 atom stereocenters. The minimum absolute atomic E-state index is 0.0880. The van der Waals surface area contributed by atoms with Gasteiger partial charge in [-0.05, 0) is 39.8 Å². The molecular weight excluding hydrogens is 356 g/mol. The Morgan fingerprint density at radius 3 is 2.71 bits per heavy atom. The van der Waals surface area contributed by atoms with E-state index in [-0.39, 0.29) is 17.1 Å². The van der Waals surface area contributed by atoms with Crippen LogP contribution in [0.1, 0.15) is 42.0 Å². The van der Waals surface area contributed by atoms with Gasteiger partial charge in [0.25, 0.3) is 0 Å². The largest absolute Gasteiger partial charge is 0.348 e. The molecule has 4 heterocycles. The first-order valence-electron chi connectivity index (χ1n) is 9.97. The normalized spacial score (nSPS) is 19.0. The summed E-state index contributed by atoms with van der Waals surface area (Å²) in [6, 6.07) is 1.88. The molecule has 2 aromatic heterocycles. The second-order valence-electron chi connectivity index (χ2n) is 8.08. The Kier molecular flexibility index (Phi) is 4.82. The summed E-state index contributed by atoms with van der Waals surface area (Å²) < 4.78 is 1.59. The van der Waals surface area contributed by atoms with Crippen LogP contribution in [-0.2, 0) is 23.3 Å². The minimum atomic E-state index is -0.331. The Morgan fingerprint density at radius 1 is 1.25 bits per heavy atom. The maximum atomic E-state index is 13.3. The molecule has 0 bridgehead atoms. The molecule has 0 aromatic carbocycles. The molecule has 1 fully saturated rings. The summed E-state index contributed by atoms with van der Waals surface area (Å²) in [5, 5.41) is 0. The van der Waals surface area contributed by atoms with Crippen LogP contribution in [0.3, 0.4) is 0 Å². The highest BCUT2D eigenvalue weighted by atomic mass is 16.2. The number of nitrogens with one attached hydrogen (secondary N) is 1. The zero-order valence-corrected chi connectivity index (χ0v) is 16.9. The van der Waals surface area contributed by atoms with Gasteiger partial charge < -0.3 is 14.8 Å². The summed E-state index contributed by atoms with van der Waals surface area (Å²) in [5.41, 5.74) is 3.12. The summed E-state index contributed by atoms with van der Waals surface area (Å²) in [5.74, 6) is 0.0880. The van der Waals surface area contributed by atoms with Crippen molar-refractivity contribution in [1.29, 1.82) is 0 Å². The van der Waals surface area contributed by atoms with E-state index in [1.54, 1.807) is 10.9 Å². The van der Waals surface area contributed by atoms with E-state index in [9.17, 15) is 9.59 Å². The van der Waals surface area contributed by atoms with Crippen LogP contribution in [0.15, 0.2) is 17.2 Å². The molecule has 1 amide bonds. The summed E-state index contributed by atoms with van der Waals surface area (Å²) in [4.78, 5) is 41.7. The third-order valence-corrected chi connectivity index (χ3v) is 6.27. The molecular formula is C20H28N6O2. The van der Waals surface area contributed by atoms with Crippen molar-refractivity contribution in [1.82, 2.24) is 29.3 Å². The van der Waals surface area contributed by atoms with E-state index in [2.05, 4.69) is 26.9 Å². The zero-order chi connectivity index (χ0) is 19.9. The lowest BCUT2D eigenvalue weighted by molar-refractivity contribution is -0.142. The number of hydrogen-bond donors (Lipinski definition) is 1. The van der Waals surface area contributed by atoms with E-state index in [1.165, 1.54) is 0 Å². The van der Waals surface area contributed by atoms with Gasteiger partial charge in [-0.15, -0.1) is 0 Å². The average Bonchev–Trinajstić information content (AvgIpc) is 3.13. The molecule has 0 radical (unpaired) electrons. The Morgan fingerprint density at radius 2 is 2.00 bits per heavy atom. The number of nitrogens with zero attached hydrogens (tertiary/aromatic N) is 5. The highest BCUT2D eigenvalue weighted by Crippen LogP contribution is 2.42. The fourth-order valence-corrected chi connectivity index (χ4v) is 4.73. The number of aryl methyl sites for hydroxylation is 2. The number of likely N-dealkylation sites (tertiary alicyclic amines) is 1. The molecule has 1 N–H and O–H groups in total. The zero-order valence-electron chi connectivity index (χ0n) is 16.9. The average molecular weight is 384 g/mol. The number of amides is 1. The van der Waals surface area contributed by atoms with Gasteiger partial charge in [0.2, 0.25) is 5.91 Å². The predicted molar refractivity (Wildman–Crippen MR) is 105 cm³/mol. The molecule has 8 nitrogen and oxygen atoms in total. The van der Waals surface area contributed by atoms with Gasteiger partial charge in [0.05, 0.1) is 17.6 Å². The summed E-state index contributed by atoms with van der Waals surface area (Å²) in [7, 11) is 2.12. The van der Waals surface area contributed by atoms with Gasteiger partial charge in [-0.1, -0.05) is 0 Å². The third kappa shape index (κ3) is 3.15. The molecule has 2 aliphatic heterocycles. The van der Waals surface area contributed by atoms with Crippen molar-refractivity contribution < 1.29 is 4.79 Å². The number of carbonyl (C=O) groups excluding carboxylic acids is 1. The number of hydrogen-bond acceptors (Lipinski definition) is 5. The molecule has 28 heavy (non-hydrogen) atoms. The van der Waals surface area contributed by atoms with E-state index < -0.39 is 0 Å². The number of aromatic nitrogens is 4. The van der Waals surface area contributed by atoms with Crippen molar-refractivity contribution in [2.45, 2.75) is 51.6 Å². The van der Waals surface area contributed by atoms with Crippen LogP contribution in [0.5, 0.6) is 0 Å². The van der Waals surface area contributed by atoms with E-state index >= 15 is 0 Å². The van der Waals surface area contributed by atoms with Crippen molar-refractivity contribution in [2.75, 3.05) is 26.7 Å². The molecule has 4 rings (SSSR count). The predicted octanol–water partition coefficient (Wildman–Crippen LogP) is 0.979. The van der Waals surface area contributed by atoms with Gasteiger partial charge in [-0.3, -0.25) is 9.36 Å². The van der Waals surface area contributed by atoms with Gasteiger partial charge in [0.1, 0.15) is 0 Å². The van der Waals surface area contributed by atoms with Gasteiger partial charge in [0, 0.05) is 56.1 Å². The lowest BCUT2D eigenvalue weighted by Crippen LogP contribution is -2.58. The number of H-pyrrole nitrogens is 1. The van der Waals surface area contributed by atoms with Gasteiger partial charge >= 0.3 is 5.69 Å². The van der Waals surface area contributed by atoms with Crippen molar-refractivity contribution in [3.8, 4) is 0 Å². The van der Waals surface area contributed by atoms with Gasteiger partial charge in [0.15, 0.2) is 0 Å². The lowest BCUT2D eigenvalue weighted by atomic mass is 9.78. The summed E-state index contributed by atoms with van der Waals surface area (Å²) >= 11 is 0. The highest BCUT2D eigenvalue weighted by molar-refractivity contribution is 5.77. The molecule has 2 aromatic rings. The highest BCUT2D eigenvalue weighted by Gasteiger charge is 2.47. The quantitative estimate of drug-likeness (QED) is 0.852. The number of aromatic amines is 1. The van der Waals surface area contributed by atoms with Crippen LogP contribution >= 0.6 is 0 Å². The van der Waals surface area contributed by atoms with E-state index in [0.717, 1.165) is 49.4 Å². The Bertz CT molecular complexity index is 938. The summed E-state index contributed by atoms with van der Waals surface area (Å²) in [6.07, 6.45) is 4.61. The Labute approximate surface area is 164 Å². The van der Waals surface area contributed by atoms with Crippen molar-refractivity contribution in [3.05, 3.63) is 45.7 Å². The van der Waals surface area contributed by atoms with E-state index in [0.29, 0.717) is 25.2 Å². The van der Waals surface area contributed by atoms with Crippen molar-refractivity contribution in [2.24, 2.45) is 0 Å². The molecule has 2 aliphatic rings. The molecule has 1 saturated heterocycles. The molecule has 0 aliphatic carbocycles. The standard InChI is InChI=1S/C20H28N6O2/c1-14-12-15(2)25(19(28)23-14)8-5-17(27)26-9-4-16-18(22-13-21-16)20(26)6-10-24(3)11-7-20/h12-13H,4-11H2,1-3H3,(H,21,22). The number of carbonyl (C=O) groups is 1. The van der Waals surface area contributed by atoms with Crippen LogP contribution < -0.4 is 5.69 Å². The van der Waals surface area contributed by atoms with Crippen molar-refractivity contribution in [3.63, 3.8) is 0 Å².